The van der Waals surface area contributed by atoms with Crippen LogP contribution in [0.2, 0.25) is 0 Å². The molecule has 0 heterocycles. The Bertz CT molecular complexity index is 452. The number of rotatable bonds is 2. The van der Waals surface area contributed by atoms with Gasteiger partial charge in [0.05, 0.1) is 6.10 Å². The summed E-state index contributed by atoms with van der Waals surface area (Å²) in [6.07, 6.45) is 2.80. The van der Waals surface area contributed by atoms with Crippen LogP contribution in [-0.4, -0.2) is 34.0 Å². The van der Waals surface area contributed by atoms with Gasteiger partial charge in [-0.25, -0.2) is 0 Å². The van der Waals surface area contributed by atoms with E-state index >= 15 is 0 Å². The Kier molecular flexibility index (Phi) is 4.24. The molecule has 0 aromatic rings. The Hall–Kier alpha value is -0.870. The van der Waals surface area contributed by atoms with Gasteiger partial charge in [-0.1, -0.05) is 32.4 Å². The molecule has 2 rings (SSSR count). The summed E-state index contributed by atoms with van der Waals surface area (Å²) < 4.78 is 5.30. The van der Waals surface area contributed by atoms with E-state index in [2.05, 4.69) is 19.9 Å². The number of esters is 1. The van der Waals surface area contributed by atoms with E-state index in [9.17, 15) is 15.0 Å². The average Bonchev–Trinajstić information content (AvgIpc) is 2.35. The van der Waals surface area contributed by atoms with Crippen LogP contribution in [0.15, 0.2) is 11.6 Å². The first kappa shape index (κ1) is 16.5. The van der Waals surface area contributed by atoms with Crippen molar-refractivity contribution in [1.29, 1.82) is 0 Å². The number of allylic oxidation sites excluding steroid dienone is 2. The summed E-state index contributed by atoms with van der Waals surface area (Å²) >= 11 is 0. The van der Waals surface area contributed by atoms with Gasteiger partial charge >= 0.3 is 5.97 Å². The van der Waals surface area contributed by atoms with E-state index < -0.39 is 23.8 Å². The molecule has 1 saturated carbocycles. The maximum Gasteiger partial charge on any atom is 0.303 e. The molecule has 0 unspecified atom stereocenters. The van der Waals surface area contributed by atoms with Gasteiger partial charge in [0, 0.05) is 24.7 Å². The molecule has 0 bridgehead atoms. The van der Waals surface area contributed by atoms with Crippen LogP contribution in [0.5, 0.6) is 0 Å². The van der Waals surface area contributed by atoms with Crippen LogP contribution in [0, 0.1) is 17.3 Å². The molecule has 0 spiro atoms. The second kappa shape index (κ2) is 5.40. The molecule has 0 radical (unpaired) electrons. The Labute approximate surface area is 127 Å². The van der Waals surface area contributed by atoms with Crippen LogP contribution in [0.4, 0.5) is 0 Å². The number of hydrogen-bond donors (Lipinski definition) is 2. The molecular formula is C17H28O4. The SMILES string of the molecule is CC(=O)O[C@H]1C[C@@H](O)[C@]2(C)CC=C(C(C)C)C[C@H]2[C@@]1(C)O. The minimum absolute atomic E-state index is 0.111. The summed E-state index contributed by atoms with van der Waals surface area (Å²) in [4.78, 5) is 11.3. The van der Waals surface area contributed by atoms with Crippen LogP contribution in [0.1, 0.15) is 53.9 Å². The summed E-state index contributed by atoms with van der Waals surface area (Å²) in [7, 11) is 0. The minimum atomic E-state index is -1.12. The zero-order chi connectivity index (χ0) is 16.0. The van der Waals surface area contributed by atoms with Gasteiger partial charge < -0.3 is 14.9 Å². The van der Waals surface area contributed by atoms with Crippen LogP contribution < -0.4 is 0 Å². The van der Waals surface area contributed by atoms with E-state index in [4.69, 9.17) is 4.74 Å². The van der Waals surface area contributed by atoms with Gasteiger partial charge in [-0.2, -0.15) is 0 Å². The number of carbonyl (C=O) groups excluding carboxylic acids is 1. The van der Waals surface area contributed by atoms with E-state index in [-0.39, 0.29) is 11.3 Å². The van der Waals surface area contributed by atoms with Crippen LogP contribution in [-0.2, 0) is 9.53 Å². The molecule has 0 aliphatic heterocycles. The van der Waals surface area contributed by atoms with E-state index in [1.807, 2.05) is 6.92 Å². The number of ether oxygens (including phenoxy) is 1. The summed E-state index contributed by atoms with van der Waals surface area (Å²) in [5.74, 6) is -0.0939. The minimum Gasteiger partial charge on any atom is -0.459 e. The fourth-order valence-electron chi connectivity index (χ4n) is 4.06. The number of hydrogen-bond acceptors (Lipinski definition) is 4. The molecule has 0 amide bonds. The van der Waals surface area contributed by atoms with Crippen molar-refractivity contribution in [3.05, 3.63) is 11.6 Å². The fourth-order valence-corrected chi connectivity index (χ4v) is 4.06. The number of aliphatic hydroxyl groups is 2. The van der Waals surface area contributed by atoms with Gasteiger partial charge in [-0.15, -0.1) is 0 Å². The Morgan fingerprint density at radius 3 is 2.57 bits per heavy atom. The zero-order valence-corrected chi connectivity index (χ0v) is 13.7. The maximum absolute atomic E-state index is 11.3. The molecule has 4 heteroatoms. The van der Waals surface area contributed by atoms with Gasteiger partial charge in [-0.05, 0) is 25.7 Å². The predicted octanol–water partition coefficient (Wildman–Crippen LogP) is 2.43. The van der Waals surface area contributed by atoms with Gasteiger partial charge in [0.15, 0.2) is 0 Å². The molecule has 2 aliphatic rings. The van der Waals surface area contributed by atoms with Crippen molar-refractivity contribution < 1.29 is 19.7 Å². The lowest BCUT2D eigenvalue weighted by Crippen LogP contribution is -2.63. The van der Waals surface area contributed by atoms with Crippen LogP contribution in [0.25, 0.3) is 0 Å². The molecule has 2 aliphatic carbocycles. The van der Waals surface area contributed by atoms with E-state index in [1.54, 1.807) is 6.92 Å². The molecule has 21 heavy (non-hydrogen) atoms. The summed E-state index contributed by atoms with van der Waals surface area (Å²) in [6, 6.07) is 0. The molecular weight excluding hydrogens is 268 g/mol. The molecule has 0 aromatic carbocycles. The maximum atomic E-state index is 11.3. The Morgan fingerprint density at radius 1 is 1.43 bits per heavy atom. The van der Waals surface area contributed by atoms with E-state index in [0.29, 0.717) is 12.3 Å². The lowest BCUT2D eigenvalue weighted by atomic mass is 9.53. The normalized spacial score (nSPS) is 43.2. The highest BCUT2D eigenvalue weighted by molar-refractivity contribution is 5.66. The van der Waals surface area contributed by atoms with Crippen molar-refractivity contribution in [2.24, 2.45) is 17.3 Å². The summed E-state index contributed by atoms with van der Waals surface area (Å²) in [6.45, 7) is 9.42. The molecule has 4 nitrogen and oxygen atoms in total. The Morgan fingerprint density at radius 2 is 2.05 bits per heavy atom. The Balaban J connectivity index is 2.36. The van der Waals surface area contributed by atoms with Crippen molar-refractivity contribution in [3.63, 3.8) is 0 Å². The lowest BCUT2D eigenvalue weighted by molar-refractivity contribution is -0.221. The van der Waals surface area contributed by atoms with Gasteiger partial charge in [0.1, 0.15) is 11.7 Å². The smallest absolute Gasteiger partial charge is 0.303 e. The monoisotopic (exact) mass is 296 g/mol. The van der Waals surface area contributed by atoms with Crippen molar-refractivity contribution in [2.45, 2.75) is 71.7 Å². The number of fused-ring (bicyclic) bond motifs is 1. The molecule has 120 valence electrons. The fraction of sp³-hybridized carbons (Fsp3) is 0.824. The highest BCUT2D eigenvalue weighted by atomic mass is 16.6. The van der Waals surface area contributed by atoms with Crippen LogP contribution in [0.3, 0.4) is 0 Å². The van der Waals surface area contributed by atoms with Crippen molar-refractivity contribution in [2.75, 3.05) is 0 Å². The van der Waals surface area contributed by atoms with Crippen molar-refractivity contribution >= 4 is 5.97 Å². The highest BCUT2D eigenvalue weighted by Crippen LogP contribution is 2.55. The topological polar surface area (TPSA) is 66.8 Å². The average molecular weight is 296 g/mol. The second-order valence-corrected chi connectivity index (χ2v) is 7.48. The molecule has 0 saturated heterocycles. The zero-order valence-electron chi connectivity index (χ0n) is 13.7. The lowest BCUT2D eigenvalue weighted by Gasteiger charge is -2.56. The number of aliphatic hydroxyl groups excluding tert-OH is 1. The van der Waals surface area contributed by atoms with E-state index in [1.165, 1.54) is 12.5 Å². The molecule has 1 fully saturated rings. The highest BCUT2D eigenvalue weighted by Gasteiger charge is 2.59. The van der Waals surface area contributed by atoms with E-state index in [0.717, 1.165) is 12.8 Å². The summed E-state index contributed by atoms with van der Waals surface area (Å²) in [5.41, 5.74) is -0.166. The van der Waals surface area contributed by atoms with Crippen molar-refractivity contribution in [3.8, 4) is 0 Å². The standard InChI is InChI=1S/C17H28O4/c1-10(2)12-6-7-16(4)13(8-12)17(5,20)15(9-14(16)19)21-11(3)18/h6,10,13-15,19-20H,7-9H2,1-5H3/t13-,14-,15+,16-,17-/m1/s1. The first-order chi connectivity index (χ1) is 9.59. The van der Waals surface area contributed by atoms with Crippen molar-refractivity contribution in [1.82, 2.24) is 0 Å². The molecule has 5 atom stereocenters. The predicted molar refractivity (Wildman–Crippen MR) is 80.6 cm³/mol. The molecule has 0 aromatic heterocycles. The largest absolute Gasteiger partial charge is 0.459 e. The third-order valence-electron chi connectivity index (χ3n) is 5.65. The summed E-state index contributed by atoms with van der Waals surface area (Å²) in [5, 5.41) is 21.6. The van der Waals surface area contributed by atoms with Gasteiger partial charge in [0.25, 0.3) is 0 Å². The van der Waals surface area contributed by atoms with Gasteiger partial charge in [-0.3, -0.25) is 4.79 Å². The molecule has 2 N–H and O–H groups in total. The first-order valence-corrected chi connectivity index (χ1v) is 7.85. The number of carbonyl (C=O) groups is 1. The van der Waals surface area contributed by atoms with Gasteiger partial charge in [0.2, 0.25) is 0 Å². The quantitative estimate of drug-likeness (QED) is 0.607. The third kappa shape index (κ3) is 2.76. The first-order valence-electron chi connectivity index (χ1n) is 7.85. The van der Waals surface area contributed by atoms with Crippen LogP contribution >= 0.6 is 0 Å². The second-order valence-electron chi connectivity index (χ2n) is 7.48. The third-order valence-corrected chi connectivity index (χ3v) is 5.65.